The van der Waals surface area contributed by atoms with Crippen LogP contribution in [-0.4, -0.2) is 4.98 Å². The fourth-order valence-electron chi connectivity index (χ4n) is 1.33. The molecule has 2 rings (SSSR count). The van der Waals surface area contributed by atoms with Crippen LogP contribution in [0, 0.1) is 6.92 Å². The number of benzene rings is 1. The molecule has 0 atom stereocenters. The van der Waals surface area contributed by atoms with Crippen molar-refractivity contribution in [2.45, 2.75) is 13.5 Å². The van der Waals surface area contributed by atoms with Gasteiger partial charge in [-0.1, -0.05) is 53.0 Å². The minimum absolute atomic E-state index is 0.286. The zero-order valence-electron chi connectivity index (χ0n) is 9.28. The maximum absolute atomic E-state index is 5.84. The van der Waals surface area contributed by atoms with Crippen LogP contribution in [0.1, 0.15) is 11.1 Å². The van der Waals surface area contributed by atoms with Gasteiger partial charge >= 0.3 is 0 Å². The Morgan fingerprint density at radius 1 is 1.18 bits per heavy atom. The van der Waals surface area contributed by atoms with E-state index in [4.69, 9.17) is 27.9 Å². The van der Waals surface area contributed by atoms with Gasteiger partial charge in [-0.3, -0.25) is 0 Å². The lowest BCUT2D eigenvalue weighted by Crippen LogP contribution is -1.96. The molecule has 0 aliphatic heterocycles. The second-order valence-electron chi connectivity index (χ2n) is 3.72. The molecular weight excluding hydrogens is 257 g/mol. The van der Waals surface area contributed by atoms with E-state index >= 15 is 0 Å². The van der Waals surface area contributed by atoms with E-state index in [2.05, 4.69) is 4.98 Å². The summed E-state index contributed by atoms with van der Waals surface area (Å²) in [6.45, 7) is 2.54. The van der Waals surface area contributed by atoms with Crippen molar-refractivity contribution in [3.63, 3.8) is 0 Å². The molecule has 0 unspecified atom stereocenters. The zero-order chi connectivity index (χ0) is 12.3. The number of aromatic nitrogens is 1. The maximum atomic E-state index is 5.84. The van der Waals surface area contributed by atoms with Crippen molar-refractivity contribution in [2.24, 2.45) is 0 Å². The molecule has 1 aromatic heterocycles. The van der Waals surface area contributed by atoms with Crippen molar-refractivity contribution >= 4 is 23.2 Å². The van der Waals surface area contributed by atoms with E-state index in [1.807, 2.05) is 31.2 Å². The molecule has 4 heteroatoms. The van der Waals surface area contributed by atoms with Gasteiger partial charge < -0.3 is 4.74 Å². The van der Waals surface area contributed by atoms with E-state index in [0.29, 0.717) is 17.4 Å². The normalized spacial score (nSPS) is 10.3. The molecule has 2 aromatic rings. The fourth-order valence-corrected chi connectivity index (χ4v) is 1.59. The highest BCUT2D eigenvalue weighted by Gasteiger charge is 2.02. The first-order chi connectivity index (χ1) is 8.15. The molecule has 17 heavy (non-hydrogen) atoms. The smallest absolute Gasteiger partial charge is 0.147 e. The lowest BCUT2D eigenvalue weighted by atomic mass is 10.2. The van der Waals surface area contributed by atoms with Crippen LogP contribution in [0.4, 0.5) is 0 Å². The minimum Gasteiger partial charge on any atom is -0.487 e. The predicted molar refractivity (Wildman–Crippen MR) is 69.8 cm³/mol. The Morgan fingerprint density at radius 3 is 2.53 bits per heavy atom. The summed E-state index contributed by atoms with van der Waals surface area (Å²) in [6, 6.07) is 9.81. The Bertz CT molecular complexity index is 511. The molecular formula is C13H11Cl2NO. The quantitative estimate of drug-likeness (QED) is 0.775. The van der Waals surface area contributed by atoms with Gasteiger partial charge in [0.15, 0.2) is 0 Å². The highest BCUT2D eigenvalue weighted by molar-refractivity contribution is 6.41. The first kappa shape index (κ1) is 12.2. The standard InChI is InChI=1S/C13H11Cl2NO/c1-9-2-4-10(5-3-9)8-17-11-6-12(14)13(15)16-7-11/h2-7H,8H2,1H3. The number of hydrogen-bond donors (Lipinski definition) is 0. The van der Waals surface area contributed by atoms with Crippen molar-refractivity contribution in [3.8, 4) is 5.75 Å². The first-order valence-corrected chi connectivity index (χ1v) is 5.90. The molecule has 0 amide bonds. The average molecular weight is 268 g/mol. The SMILES string of the molecule is Cc1ccc(COc2cnc(Cl)c(Cl)c2)cc1. The molecule has 0 bridgehead atoms. The fraction of sp³-hybridized carbons (Fsp3) is 0.154. The van der Waals surface area contributed by atoms with Crippen molar-refractivity contribution in [1.29, 1.82) is 0 Å². The highest BCUT2D eigenvalue weighted by atomic mass is 35.5. The average Bonchev–Trinajstić information content (AvgIpc) is 2.33. The molecule has 0 aliphatic rings. The number of hydrogen-bond acceptors (Lipinski definition) is 2. The van der Waals surface area contributed by atoms with Crippen molar-refractivity contribution in [3.05, 3.63) is 57.8 Å². The molecule has 1 heterocycles. The Kier molecular flexibility index (Phi) is 3.87. The van der Waals surface area contributed by atoms with Crippen LogP contribution in [0.5, 0.6) is 5.75 Å². The number of nitrogens with zero attached hydrogens (tertiary/aromatic N) is 1. The number of halogens is 2. The molecule has 88 valence electrons. The van der Waals surface area contributed by atoms with Crippen LogP contribution in [-0.2, 0) is 6.61 Å². The Morgan fingerprint density at radius 2 is 1.88 bits per heavy atom. The van der Waals surface area contributed by atoms with E-state index in [1.165, 1.54) is 5.56 Å². The number of aryl methyl sites for hydroxylation is 1. The summed E-state index contributed by atoms with van der Waals surface area (Å²) in [5.74, 6) is 0.611. The Hall–Kier alpha value is -1.25. The molecule has 0 aliphatic carbocycles. The molecule has 0 N–H and O–H groups in total. The number of rotatable bonds is 3. The van der Waals surface area contributed by atoms with Gasteiger partial charge in [-0.05, 0) is 12.5 Å². The van der Waals surface area contributed by atoms with E-state index in [9.17, 15) is 0 Å². The molecule has 0 saturated heterocycles. The minimum atomic E-state index is 0.286. The molecule has 0 fully saturated rings. The van der Waals surface area contributed by atoms with E-state index in [1.54, 1.807) is 12.3 Å². The molecule has 1 aromatic carbocycles. The summed E-state index contributed by atoms with van der Waals surface area (Å²) in [5.41, 5.74) is 2.33. The number of pyridine rings is 1. The second-order valence-corrected chi connectivity index (χ2v) is 4.48. The van der Waals surface area contributed by atoms with Crippen LogP contribution >= 0.6 is 23.2 Å². The third-order valence-corrected chi connectivity index (χ3v) is 2.98. The zero-order valence-corrected chi connectivity index (χ0v) is 10.8. The Balaban J connectivity index is 2.02. The van der Waals surface area contributed by atoms with Crippen molar-refractivity contribution in [1.82, 2.24) is 4.98 Å². The van der Waals surface area contributed by atoms with Crippen LogP contribution in [0.15, 0.2) is 36.5 Å². The first-order valence-electron chi connectivity index (χ1n) is 5.14. The number of ether oxygens (including phenoxy) is 1. The van der Waals surface area contributed by atoms with Crippen LogP contribution in [0.25, 0.3) is 0 Å². The predicted octanol–water partition coefficient (Wildman–Crippen LogP) is 4.28. The van der Waals surface area contributed by atoms with Gasteiger partial charge in [0, 0.05) is 6.07 Å². The van der Waals surface area contributed by atoms with Gasteiger partial charge in [-0.25, -0.2) is 4.98 Å². The van der Waals surface area contributed by atoms with Gasteiger partial charge in [0.05, 0.1) is 11.2 Å². The van der Waals surface area contributed by atoms with E-state index < -0.39 is 0 Å². The summed E-state index contributed by atoms with van der Waals surface area (Å²) >= 11 is 11.6. The van der Waals surface area contributed by atoms with Crippen molar-refractivity contribution < 1.29 is 4.74 Å². The highest BCUT2D eigenvalue weighted by Crippen LogP contribution is 2.24. The third-order valence-electron chi connectivity index (χ3n) is 2.30. The maximum Gasteiger partial charge on any atom is 0.147 e. The summed E-state index contributed by atoms with van der Waals surface area (Å²) < 4.78 is 5.56. The van der Waals surface area contributed by atoms with Gasteiger partial charge in [0.2, 0.25) is 0 Å². The van der Waals surface area contributed by atoms with Crippen LogP contribution in [0.3, 0.4) is 0 Å². The lowest BCUT2D eigenvalue weighted by Gasteiger charge is -2.06. The van der Waals surface area contributed by atoms with Gasteiger partial charge in [-0.15, -0.1) is 0 Å². The van der Waals surface area contributed by atoms with Crippen LogP contribution < -0.4 is 4.74 Å². The summed E-state index contributed by atoms with van der Waals surface area (Å²) in [6.07, 6.45) is 1.56. The lowest BCUT2D eigenvalue weighted by molar-refractivity contribution is 0.305. The van der Waals surface area contributed by atoms with E-state index in [-0.39, 0.29) is 5.15 Å². The van der Waals surface area contributed by atoms with Gasteiger partial charge in [0.25, 0.3) is 0 Å². The molecule has 0 saturated carbocycles. The van der Waals surface area contributed by atoms with Crippen LogP contribution in [0.2, 0.25) is 10.2 Å². The van der Waals surface area contributed by atoms with Crippen molar-refractivity contribution in [2.75, 3.05) is 0 Å². The second kappa shape index (κ2) is 5.39. The van der Waals surface area contributed by atoms with E-state index in [0.717, 1.165) is 5.56 Å². The summed E-state index contributed by atoms with van der Waals surface area (Å²) in [5, 5.41) is 0.683. The molecule has 0 spiro atoms. The summed E-state index contributed by atoms with van der Waals surface area (Å²) in [7, 11) is 0. The largest absolute Gasteiger partial charge is 0.487 e. The summed E-state index contributed by atoms with van der Waals surface area (Å²) in [4.78, 5) is 3.91. The van der Waals surface area contributed by atoms with Gasteiger partial charge in [0.1, 0.15) is 17.5 Å². The third kappa shape index (κ3) is 3.35. The topological polar surface area (TPSA) is 22.1 Å². The molecule has 2 nitrogen and oxygen atoms in total. The monoisotopic (exact) mass is 267 g/mol. The Labute approximate surface area is 110 Å². The van der Waals surface area contributed by atoms with Gasteiger partial charge in [-0.2, -0.15) is 0 Å². The molecule has 0 radical (unpaired) electrons.